The smallest absolute Gasteiger partial charge is 0.315 e. The van der Waals surface area contributed by atoms with E-state index in [1.807, 2.05) is 6.07 Å². The monoisotopic (exact) mass is 243 g/mol. The van der Waals surface area contributed by atoms with Crippen molar-refractivity contribution in [2.75, 3.05) is 7.05 Å². The highest BCUT2D eigenvalue weighted by Gasteiger charge is 2.36. The Balaban J connectivity index is 1.95. The van der Waals surface area contributed by atoms with Crippen molar-refractivity contribution in [3.8, 4) is 0 Å². The molecule has 1 aromatic heterocycles. The summed E-state index contributed by atoms with van der Waals surface area (Å²) < 4.78 is 29.8. The summed E-state index contributed by atoms with van der Waals surface area (Å²) in [6, 6.07) is 3.61. The molecule has 17 heavy (non-hydrogen) atoms. The molecule has 1 fully saturated rings. The lowest BCUT2D eigenvalue weighted by Gasteiger charge is -2.14. The van der Waals surface area contributed by atoms with E-state index in [0.29, 0.717) is 17.6 Å². The first kappa shape index (κ1) is 12.1. The molecule has 0 saturated heterocycles. The summed E-state index contributed by atoms with van der Waals surface area (Å²) in [6.45, 7) is 2.23. The normalized spacial score (nSPS) is 22.9. The van der Waals surface area contributed by atoms with Gasteiger partial charge in [-0.3, -0.25) is 4.79 Å². The molecular formula is C12H15F2NO2. The molecule has 2 rings (SSSR count). The maximum atomic E-state index is 12.2. The van der Waals surface area contributed by atoms with Crippen molar-refractivity contribution in [2.45, 2.75) is 32.2 Å². The quantitative estimate of drug-likeness (QED) is 0.814. The second-order valence-corrected chi connectivity index (χ2v) is 4.62. The fourth-order valence-electron chi connectivity index (χ4n) is 1.88. The second kappa shape index (κ2) is 4.47. The number of hydrogen-bond acceptors (Lipinski definition) is 2. The summed E-state index contributed by atoms with van der Waals surface area (Å²) in [5, 5.41) is 0. The van der Waals surface area contributed by atoms with Crippen LogP contribution in [0.1, 0.15) is 30.8 Å². The first-order valence-corrected chi connectivity index (χ1v) is 5.60. The predicted octanol–water partition coefficient (Wildman–Crippen LogP) is 2.63. The van der Waals surface area contributed by atoms with Gasteiger partial charge in [-0.2, -0.15) is 8.78 Å². The average Bonchev–Trinajstić information content (AvgIpc) is 2.82. The zero-order valence-corrected chi connectivity index (χ0v) is 9.82. The van der Waals surface area contributed by atoms with E-state index in [1.165, 1.54) is 7.05 Å². The number of hydrogen-bond donors (Lipinski definition) is 0. The van der Waals surface area contributed by atoms with E-state index in [0.717, 1.165) is 17.1 Å². The first-order chi connectivity index (χ1) is 7.99. The summed E-state index contributed by atoms with van der Waals surface area (Å²) in [4.78, 5) is 12.0. The van der Waals surface area contributed by atoms with Crippen LogP contribution in [0.2, 0.25) is 0 Å². The minimum absolute atomic E-state index is 0.0876. The molecule has 0 N–H and O–H groups in total. The molecule has 0 spiro atoms. The molecule has 1 aliphatic carbocycles. The Morgan fingerprint density at radius 3 is 2.76 bits per heavy atom. The second-order valence-electron chi connectivity index (χ2n) is 4.62. The van der Waals surface area contributed by atoms with Crippen molar-refractivity contribution < 1.29 is 18.0 Å². The van der Waals surface area contributed by atoms with Crippen molar-refractivity contribution in [1.82, 2.24) is 4.90 Å². The Bertz CT molecular complexity index is 416. The first-order valence-electron chi connectivity index (χ1n) is 5.60. The number of alkyl halides is 2. The van der Waals surface area contributed by atoms with Crippen molar-refractivity contribution in [2.24, 2.45) is 5.92 Å². The molecule has 0 aliphatic heterocycles. The minimum Gasteiger partial charge on any atom is -0.464 e. The van der Waals surface area contributed by atoms with Gasteiger partial charge in [0, 0.05) is 13.0 Å². The maximum absolute atomic E-state index is 12.2. The van der Waals surface area contributed by atoms with Crippen molar-refractivity contribution in [3.63, 3.8) is 0 Å². The number of halogens is 2. The summed E-state index contributed by atoms with van der Waals surface area (Å²) in [7, 11) is 1.34. The van der Waals surface area contributed by atoms with Crippen LogP contribution in [0.25, 0.3) is 0 Å². The summed E-state index contributed by atoms with van der Waals surface area (Å²) in [6.07, 6.45) is -1.85. The van der Waals surface area contributed by atoms with Crippen LogP contribution in [0, 0.1) is 5.92 Å². The number of amides is 1. The summed E-state index contributed by atoms with van der Waals surface area (Å²) in [5.41, 5.74) is 0. The third-order valence-corrected chi connectivity index (χ3v) is 3.11. The molecule has 2 atom stereocenters. The predicted molar refractivity (Wildman–Crippen MR) is 57.7 cm³/mol. The lowest BCUT2D eigenvalue weighted by molar-refractivity contribution is -0.142. The highest BCUT2D eigenvalue weighted by molar-refractivity contribution is 5.78. The van der Waals surface area contributed by atoms with Crippen molar-refractivity contribution in [1.29, 1.82) is 0 Å². The molecule has 1 saturated carbocycles. The van der Waals surface area contributed by atoms with Gasteiger partial charge >= 0.3 is 6.43 Å². The number of carbonyl (C=O) groups excluding carboxylic acids is 1. The molecular weight excluding hydrogens is 228 g/mol. The zero-order valence-electron chi connectivity index (χ0n) is 9.82. The third-order valence-electron chi connectivity index (χ3n) is 3.11. The standard InChI is InChI=1S/C12H15F2NO2/c1-7-5-9(7)10-4-3-8(17-10)6-15(2)12(16)11(13)14/h3-4,7,9,11H,5-6H2,1-2H3. The molecule has 1 aliphatic rings. The van der Waals surface area contributed by atoms with Gasteiger partial charge in [0.05, 0.1) is 6.54 Å². The number of carbonyl (C=O) groups is 1. The van der Waals surface area contributed by atoms with Crippen LogP contribution in [0.4, 0.5) is 8.78 Å². The summed E-state index contributed by atoms with van der Waals surface area (Å²) in [5.74, 6) is 1.36. The number of rotatable bonds is 4. The van der Waals surface area contributed by atoms with Crippen LogP contribution in [0.3, 0.4) is 0 Å². The third kappa shape index (κ3) is 2.65. The lowest BCUT2D eigenvalue weighted by atomic mass is 10.3. The van der Waals surface area contributed by atoms with Crippen molar-refractivity contribution in [3.05, 3.63) is 23.7 Å². The fraction of sp³-hybridized carbons (Fsp3) is 0.583. The Morgan fingerprint density at radius 2 is 2.24 bits per heavy atom. The topological polar surface area (TPSA) is 33.5 Å². The van der Waals surface area contributed by atoms with Gasteiger partial charge in [0.25, 0.3) is 5.91 Å². The van der Waals surface area contributed by atoms with Crippen LogP contribution in [0.5, 0.6) is 0 Å². The SMILES string of the molecule is CC1CC1c1ccc(CN(C)C(=O)C(F)F)o1. The number of nitrogens with zero attached hydrogens (tertiary/aromatic N) is 1. The van der Waals surface area contributed by atoms with Crippen molar-refractivity contribution >= 4 is 5.91 Å². The molecule has 0 radical (unpaired) electrons. The maximum Gasteiger partial charge on any atom is 0.315 e. The minimum atomic E-state index is -2.96. The van der Waals surface area contributed by atoms with Crippen LogP contribution < -0.4 is 0 Å². The molecule has 1 amide bonds. The van der Waals surface area contributed by atoms with E-state index in [1.54, 1.807) is 6.07 Å². The largest absolute Gasteiger partial charge is 0.464 e. The Labute approximate surface area is 98.4 Å². The van der Waals surface area contributed by atoms with Gasteiger partial charge in [0.15, 0.2) is 0 Å². The van der Waals surface area contributed by atoms with Crippen LogP contribution in [-0.2, 0) is 11.3 Å². The molecule has 3 nitrogen and oxygen atoms in total. The van der Waals surface area contributed by atoms with Crippen LogP contribution in [-0.4, -0.2) is 24.3 Å². The highest BCUT2D eigenvalue weighted by atomic mass is 19.3. The van der Waals surface area contributed by atoms with Crippen LogP contribution in [0.15, 0.2) is 16.5 Å². The molecule has 0 bridgehead atoms. The van der Waals surface area contributed by atoms with Crippen LogP contribution >= 0.6 is 0 Å². The molecule has 94 valence electrons. The van der Waals surface area contributed by atoms with Gasteiger partial charge in [0.2, 0.25) is 0 Å². The summed E-state index contributed by atoms with van der Waals surface area (Å²) >= 11 is 0. The van der Waals surface area contributed by atoms with Gasteiger partial charge < -0.3 is 9.32 Å². The molecule has 1 aromatic rings. The van der Waals surface area contributed by atoms with Gasteiger partial charge in [-0.1, -0.05) is 6.92 Å². The number of furan rings is 1. The Hall–Kier alpha value is -1.39. The molecule has 5 heteroatoms. The highest BCUT2D eigenvalue weighted by Crippen LogP contribution is 2.47. The van der Waals surface area contributed by atoms with E-state index < -0.39 is 12.3 Å². The molecule has 2 unspecified atom stereocenters. The van der Waals surface area contributed by atoms with E-state index in [2.05, 4.69) is 6.92 Å². The fourth-order valence-corrected chi connectivity index (χ4v) is 1.88. The molecule has 1 heterocycles. The van der Waals surface area contributed by atoms with Gasteiger partial charge in [-0.05, 0) is 24.5 Å². The van der Waals surface area contributed by atoms with E-state index in [-0.39, 0.29) is 6.54 Å². The van der Waals surface area contributed by atoms with Gasteiger partial charge in [-0.15, -0.1) is 0 Å². The molecule has 0 aromatic carbocycles. The van der Waals surface area contributed by atoms with Gasteiger partial charge in [-0.25, -0.2) is 0 Å². The lowest BCUT2D eigenvalue weighted by Crippen LogP contribution is -2.31. The van der Waals surface area contributed by atoms with E-state index in [9.17, 15) is 13.6 Å². The Morgan fingerprint density at radius 1 is 1.59 bits per heavy atom. The van der Waals surface area contributed by atoms with E-state index in [4.69, 9.17) is 4.42 Å². The van der Waals surface area contributed by atoms with E-state index >= 15 is 0 Å². The zero-order chi connectivity index (χ0) is 12.6. The average molecular weight is 243 g/mol. The Kier molecular flexibility index (Phi) is 3.17. The van der Waals surface area contributed by atoms with Gasteiger partial charge in [0.1, 0.15) is 11.5 Å².